The van der Waals surface area contributed by atoms with Gasteiger partial charge in [-0.25, -0.2) is 4.79 Å². The van der Waals surface area contributed by atoms with Crippen LogP contribution in [0.15, 0.2) is 53.3 Å². The molecule has 0 unspecified atom stereocenters. The maximum atomic E-state index is 12.7. The van der Waals surface area contributed by atoms with Gasteiger partial charge in [-0.3, -0.25) is 9.36 Å². The highest BCUT2D eigenvalue weighted by molar-refractivity contribution is 5.94. The predicted molar refractivity (Wildman–Crippen MR) is 118 cm³/mol. The van der Waals surface area contributed by atoms with E-state index in [-0.39, 0.29) is 12.5 Å². The number of benzene rings is 2. The van der Waals surface area contributed by atoms with Crippen molar-refractivity contribution in [3.05, 3.63) is 64.6 Å². The maximum Gasteiger partial charge on any atom is 0.350 e. The number of hydrogen-bond donors (Lipinski definition) is 2. The Morgan fingerprint density at radius 1 is 1.10 bits per heavy atom. The van der Waals surface area contributed by atoms with Crippen LogP contribution in [0.4, 0.5) is 11.5 Å². The number of hydrogen-bond acceptors (Lipinski definition) is 4. The van der Waals surface area contributed by atoms with Crippen LogP contribution in [0.25, 0.3) is 10.9 Å². The van der Waals surface area contributed by atoms with E-state index in [0.29, 0.717) is 17.3 Å². The monoisotopic (exact) mass is 392 g/mol. The summed E-state index contributed by atoms with van der Waals surface area (Å²) in [6.07, 6.45) is 1.80. The number of nitrogens with one attached hydrogen (secondary N) is 2. The zero-order chi connectivity index (χ0) is 20.8. The summed E-state index contributed by atoms with van der Waals surface area (Å²) in [6.45, 7) is 7.00. The fourth-order valence-corrected chi connectivity index (χ4v) is 3.28. The normalized spacial score (nSPS) is 11.0. The Hall–Kier alpha value is -3.15. The van der Waals surface area contributed by atoms with E-state index >= 15 is 0 Å². The Labute approximate surface area is 171 Å². The largest absolute Gasteiger partial charge is 0.369 e. The van der Waals surface area contributed by atoms with Gasteiger partial charge in [0, 0.05) is 17.6 Å². The summed E-state index contributed by atoms with van der Waals surface area (Å²) in [5, 5.41) is 7.02. The van der Waals surface area contributed by atoms with Crippen molar-refractivity contribution < 1.29 is 4.79 Å². The van der Waals surface area contributed by atoms with E-state index in [4.69, 9.17) is 0 Å². The lowest BCUT2D eigenvalue weighted by molar-refractivity contribution is -0.116. The van der Waals surface area contributed by atoms with E-state index in [9.17, 15) is 9.59 Å². The van der Waals surface area contributed by atoms with Gasteiger partial charge in [-0.1, -0.05) is 51.1 Å². The average Bonchev–Trinajstić information content (AvgIpc) is 2.71. The van der Waals surface area contributed by atoms with Gasteiger partial charge in [0.2, 0.25) is 5.91 Å². The Bertz CT molecular complexity index is 1060. The molecule has 2 N–H and O–H groups in total. The fourth-order valence-electron chi connectivity index (χ4n) is 3.28. The Morgan fingerprint density at radius 2 is 1.83 bits per heavy atom. The molecule has 6 heteroatoms. The van der Waals surface area contributed by atoms with Gasteiger partial charge < -0.3 is 10.6 Å². The summed E-state index contributed by atoms with van der Waals surface area (Å²) in [5.41, 5.74) is 2.09. The standard InChI is InChI=1S/C23H28N4O2/c1-4-17-9-5-7-11-19(17)25-21(28)15-27-20-12-8-6-10-18(20)22(26-23(27)29)24-14-13-16(2)3/h5-12,16H,4,13-15H2,1-3H3,(H,25,28)(H,24,26,29). The van der Waals surface area contributed by atoms with Crippen LogP contribution < -0.4 is 16.3 Å². The third-order valence-corrected chi connectivity index (χ3v) is 4.88. The first-order chi connectivity index (χ1) is 14.0. The number of carbonyl (C=O) groups excluding carboxylic acids is 1. The van der Waals surface area contributed by atoms with Crippen molar-refractivity contribution >= 4 is 28.3 Å². The molecular weight excluding hydrogens is 364 g/mol. The van der Waals surface area contributed by atoms with Crippen molar-refractivity contribution in [1.82, 2.24) is 9.55 Å². The number of anilines is 2. The van der Waals surface area contributed by atoms with E-state index in [1.807, 2.05) is 55.5 Å². The van der Waals surface area contributed by atoms with Gasteiger partial charge in [-0.05, 0) is 42.5 Å². The first-order valence-corrected chi connectivity index (χ1v) is 10.1. The molecule has 1 aromatic heterocycles. The van der Waals surface area contributed by atoms with Crippen LogP contribution in [0.1, 0.15) is 32.8 Å². The molecule has 3 rings (SSSR count). The fraction of sp³-hybridized carbons (Fsp3) is 0.348. The van der Waals surface area contributed by atoms with Crippen LogP contribution in [-0.2, 0) is 17.8 Å². The van der Waals surface area contributed by atoms with Gasteiger partial charge in [0.1, 0.15) is 12.4 Å². The van der Waals surface area contributed by atoms with Crippen molar-refractivity contribution in [2.24, 2.45) is 5.92 Å². The topological polar surface area (TPSA) is 76.0 Å². The summed E-state index contributed by atoms with van der Waals surface area (Å²) in [7, 11) is 0. The summed E-state index contributed by atoms with van der Waals surface area (Å²) < 4.78 is 1.42. The van der Waals surface area contributed by atoms with Crippen LogP contribution in [0, 0.1) is 5.92 Å². The Balaban J connectivity index is 1.87. The predicted octanol–water partition coefficient (Wildman–Crippen LogP) is 4.06. The molecule has 0 saturated carbocycles. The summed E-state index contributed by atoms with van der Waals surface area (Å²) >= 11 is 0. The van der Waals surface area contributed by atoms with Crippen LogP contribution in [-0.4, -0.2) is 22.0 Å². The molecule has 0 atom stereocenters. The van der Waals surface area contributed by atoms with E-state index in [1.165, 1.54) is 4.57 Å². The second-order valence-electron chi connectivity index (χ2n) is 7.51. The quantitative estimate of drug-likeness (QED) is 0.606. The molecule has 29 heavy (non-hydrogen) atoms. The van der Waals surface area contributed by atoms with Gasteiger partial charge >= 0.3 is 5.69 Å². The number of carbonyl (C=O) groups is 1. The number of aryl methyl sites for hydroxylation is 1. The van der Waals surface area contributed by atoms with Crippen LogP contribution >= 0.6 is 0 Å². The molecular formula is C23H28N4O2. The van der Waals surface area contributed by atoms with Gasteiger partial charge in [0.05, 0.1) is 5.52 Å². The second kappa shape index (κ2) is 9.37. The lowest BCUT2D eigenvalue weighted by Gasteiger charge is -2.15. The number of amides is 1. The molecule has 0 aliphatic carbocycles. The number of rotatable bonds is 8. The van der Waals surface area contributed by atoms with E-state index < -0.39 is 5.69 Å². The molecule has 6 nitrogen and oxygen atoms in total. The third-order valence-electron chi connectivity index (χ3n) is 4.88. The van der Waals surface area contributed by atoms with Crippen molar-refractivity contribution in [3.63, 3.8) is 0 Å². The van der Waals surface area contributed by atoms with E-state index in [2.05, 4.69) is 29.5 Å². The minimum Gasteiger partial charge on any atom is -0.369 e. The van der Waals surface area contributed by atoms with Gasteiger partial charge in [-0.15, -0.1) is 0 Å². The molecule has 2 aromatic carbocycles. The lowest BCUT2D eigenvalue weighted by Crippen LogP contribution is -2.30. The Kier molecular flexibility index (Phi) is 6.65. The molecule has 3 aromatic rings. The Morgan fingerprint density at radius 3 is 2.59 bits per heavy atom. The van der Waals surface area contributed by atoms with Gasteiger partial charge in [0.15, 0.2) is 0 Å². The van der Waals surface area contributed by atoms with Crippen LogP contribution in [0.2, 0.25) is 0 Å². The summed E-state index contributed by atoms with van der Waals surface area (Å²) in [5.74, 6) is 0.878. The zero-order valence-corrected chi connectivity index (χ0v) is 17.2. The first-order valence-electron chi connectivity index (χ1n) is 10.1. The van der Waals surface area contributed by atoms with Crippen molar-refractivity contribution in [1.29, 1.82) is 0 Å². The highest BCUT2D eigenvalue weighted by Crippen LogP contribution is 2.20. The second-order valence-corrected chi connectivity index (χ2v) is 7.51. The highest BCUT2D eigenvalue weighted by Gasteiger charge is 2.14. The van der Waals surface area contributed by atoms with Crippen LogP contribution in [0.5, 0.6) is 0 Å². The SMILES string of the molecule is CCc1ccccc1NC(=O)Cn1c(=O)nc(NCCC(C)C)c2ccccc21. The van der Waals surface area contributed by atoms with Crippen molar-refractivity contribution in [3.8, 4) is 0 Å². The molecule has 1 heterocycles. The molecule has 1 amide bonds. The smallest absolute Gasteiger partial charge is 0.350 e. The molecule has 0 spiro atoms. The molecule has 0 aliphatic heterocycles. The minimum atomic E-state index is -0.435. The highest BCUT2D eigenvalue weighted by atomic mass is 16.2. The van der Waals surface area contributed by atoms with E-state index in [0.717, 1.165) is 36.0 Å². The number of nitrogens with zero attached hydrogens (tertiary/aromatic N) is 2. The maximum absolute atomic E-state index is 12.7. The van der Waals surface area contributed by atoms with Crippen LogP contribution in [0.3, 0.4) is 0 Å². The number of fused-ring (bicyclic) bond motifs is 1. The lowest BCUT2D eigenvalue weighted by atomic mass is 10.1. The molecule has 0 bridgehead atoms. The molecule has 0 radical (unpaired) electrons. The minimum absolute atomic E-state index is 0.0866. The molecule has 0 saturated heterocycles. The average molecular weight is 393 g/mol. The summed E-state index contributed by atoms with van der Waals surface area (Å²) in [6, 6.07) is 15.2. The van der Waals surface area contributed by atoms with Gasteiger partial charge in [0.25, 0.3) is 0 Å². The van der Waals surface area contributed by atoms with E-state index in [1.54, 1.807) is 0 Å². The third kappa shape index (κ3) is 5.02. The van der Waals surface area contributed by atoms with Crippen molar-refractivity contribution in [2.45, 2.75) is 40.2 Å². The first kappa shape index (κ1) is 20.6. The molecule has 0 fully saturated rings. The number of para-hydroxylation sites is 2. The van der Waals surface area contributed by atoms with Crippen molar-refractivity contribution in [2.75, 3.05) is 17.2 Å². The molecule has 0 aliphatic rings. The number of aromatic nitrogens is 2. The molecule has 152 valence electrons. The summed E-state index contributed by atoms with van der Waals surface area (Å²) in [4.78, 5) is 29.6. The van der Waals surface area contributed by atoms with Gasteiger partial charge in [-0.2, -0.15) is 4.98 Å². The zero-order valence-electron chi connectivity index (χ0n) is 17.2.